The first-order chi connectivity index (χ1) is 9.19. The number of nitrogens with one attached hydrogen (secondary N) is 1. The second-order valence-electron chi connectivity index (χ2n) is 5.33. The number of aryl methyl sites for hydroxylation is 2. The van der Waals surface area contributed by atoms with Crippen molar-refractivity contribution in [2.45, 2.75) is 44.4 Å². The van der Waals surface area contributed by atoms with Crippen LogP contribution in [0.25, 0.3) is 0 Å². The maximum absolute atomic E-state index is 12.5. The molecule has 1 aromatic rings. The molecule has 110 valence electrons. The molecule has 1 atom stereocenters. The lowest BCUT2D eigenvalue weighted by Crippen LogP contribution is -2.44. The van der Waals surface area contributed by atoms with Crippen LogP contribution in [-0.4, -0.2) is 22.8 Å². The zero-order chi connectivity index (χ0) is 15.0. The molecule has 0 heterocycles. The number of rotatable bonds is 3. The molecule has 2 rings (SSSR count). The molecule has 1 aromatic carbocycles. The van der Waals surface area contributed by atoms with E-state index in [-0.39, 0.29) is 0 Å². The minimum absolute atomic E-state index is 0.466. The number of alkyl halides is 3. The lowest BCUT2D eigenvalue weighted by molar-refractivity contribution is -0.252. The van der Waals surface area contributed by atoms with Crippen LogP contribution in [-0.2, 0) is 17.6 Å². The third kappa shape index (κ3) is 3.12. The molecule has 1 aliphatic carbocycles. The van der Waals surface area contributed by atoms with Gasteiger partial charge in [0.05, 0.1) is 6.42 Å². The zero-order valence-corrected chi connectivity index (χ0v) is 11.0. The van der Waals surface area contributed by atoms with Crippen LogP contribution in [0.1, 0.15) is 30.9 Å². The van der Waals surface area contributed by atoms with E-state index in [2.05, 4.69) is 5.32 Å². The van der Waals surface area contributed by atoms with E-state index in [0.717, 1.165) is 24.8 Å². The fraction of sp³-hybridized carbons (Fsp3) is 0.500. The molecule has 6 heteroatoms. The molecule has 0 aromatic heterocycles. The highest BCUT2D eigenvalue weighted by Crippen LogP contribution is 2.33. The summed E-state index contributed by atoms with van der Waals surface area (Å²) in [6.45, 7) is 0.593. The highest BCUT2D eigenvalue weighted by molar-refractivity contribution is 5.91. The van der Waals surface area contributed by atoms with Crippen LogP contribution in [0.15, 0.2) is 18.2 Å². The summed E-state index contributed by atoms with van der Waals surface area (Å²) >= 11 is 0. The molecule has 0 radical (unpaired) electrons. The van der Waals surface area contributed by atoms with E-state index in [4.69, 9.17) is 0 Å². The Morgan fingerprint density at radius 3 is 2.60 bits per heavy atom. The first kappa shape index (κ1) is 14.8. The van der Waals surface area contributed by atoms with Crippen molar-refractivity contribution in [3.63, 3.8) is 0 Å². The fourth-order valence-corrected chi connectivity index (χ4v) is 2.27. The number of carbonyl (C=O) groups is 1. The Morgan fingerprint density at radius 2 is 1.95 bits per heavy atom. The maximum Gasteiger partial charge on any atom is 0.417 e. The normalized spacial score (nSPS) is 17.4. The van der Waals surface area contributed by atoms with Gasteiger partial charge in [-0.3, -0.25) is 4.79 Å². The van der Waals surface area contributed by atoms with Crippen molar-refractivity contribution < 1.29 is 23.1 Å². The van der Waals surface area contributed by atoms with Gasteiger partial charge in [0.2, 0.25) is 5.91 Å². The van der Waals surface area contributed by atoms with Crippen LogP contribution in [0.5, 0.6) is 0 Å². The number of halogens is 3. The topological polar surface area (TPSA) is 49.3 Å². The Balaban J connectivity index is 2.02. The van der Waals surface area contributed by atoms with E-state index in [9.17, 15) is 23.1 Å². The first-order valence-electron chi connectivity index (χ1n) is 6.40. The second-order valence-corrected chi connectivity index (χ2v) is 5.33. The second kappa shape index (κ2) is 5.09. The number of amides is 1. The molecule has 1 aliphatic rings. The predicted octanol–water partition coefficient (Wildman–Crippen LogP) is 2.82. The van der Waals surface area contributed by atoms with Crippen LogP contribution in [0.2, 0.25) is 0 Å². The Kier molecular flexibility index (Phi) is 3.77. The molecule has 0 aliphatic heterocycles. The van der Waals surface area contributed by atoms with E-state index >= 15 is 0 Å². The lowest BCUT2D eigenvalue weighted by Gasteiger charge is -2.25. The number of benzene rings is 1. The van der Waals surface area contributed by atoms with Crippen LogP contribution >= 0.6 is 0 Å². The standard InChI is InChI=1S/C14H16F3NO2/c1-13(20,14(15,16)17)8-12(19)18-11-6-5-9-3-2-4-10(9)7-11/h5-7,20H,2-4,8H2,1H3,(H,18,19)/t13-/m1/s1. The van der Waals surface area contributed by atoms with E-state index < -0.39 is 24.1 Å². The molecule has 0 bridgehead atoms. The molecule has 0 unspecified atom stereocenters. The van der Waals surface area contributed by atoms with Gasteiger partial charge in [-0.15, -0.1) is 0 Å². The van der Waals surface area contributed by atoms with Gasteiger partial charge in [-0.25, -0.2) is 0 Å². The third-order valence-corrected chi connectivity index (χ3v) is 3.50. The van der Waals surface area contributed by atoms with Crippen LogP contribution in [0, 0.1) is 0 Å². The van der Waals surface area contributed by atoms with E-state index in [1.165, 1.54) is 5.56 Å². The number of aliphatic hydroxyl groups is 1. The minimum Gasteiger partial charge on any atom is -0.380 e. The molecule has 3 nitrogen and oxygen atoms in total. The average molecular weight is 287 g/mol. The molecule has 0 fully saturated rings. The van der Waals surface area contributed by atoms with Gasteiger partial charge in [-0.05, 0) is 49.4 Å². The van der Waals surface area contributed by atoms with Crippen molar-refractivity contribution in [1.82, 2.24) is 0 Å². The van der Waals surface area contributed by atoms with Gasteiger partial charge in [-0.1, -0.05) is 6.07 Å². The molecule has 0 spiro atoms. The molecule has 20 heavy (non-hydrogen) atoms. The summed E-state index contributed by atoms with van der Waals surface area (Å²) in [6.07, 6.45) is -2.89. The van der Waals surface area contributed by atoms with Gasteiger partial charge in [-0.2, -0.15) is 13.2 Å². The Labute approximate surface area is 114 Å². The summed E-state index contributed by atoms with van der Waals surface area (Å²) < 4.78 is 37.4. The van der Waals surface area contributed by atoms with Crippen molar-refractivity contribution in [3.8, 4) is 0 Å². The number of fused-ring (bicyclic) bond motifs is 1. The molecule has 0 saturated heterocycles. The van der Waals surface area contributed by atoms with Gasteiger partial charge < -0.3 is 10.4 Å². The fourth-order valence-electron chi connectivity index (χ4n) is 2.27. The highest BCUT2D eigenvalue weighted by atomic mass is 19.4. The van der Waals surface area contributed by atoms with Crippen LogP contribution in [0.3, 0.4) is 0 Å². The van der Waals surface area contributed by atoms with Gasteiger partial charge in [0.25, 0.3) is 0 Å². The summed E-state index contributed by atoms with van der Waals surface area (Å²) in [7, 11) is 0. The van der Waals surface area contributed by atoms with Gasteiger partial charge in [0.15, 0.2) is 5.60 Å². The Bertz CT molecular complexity index is 524. The predicted molar refractivity (Wildman–Crippen MR) is 68.4 cm³/mol. The smallest absolute Gasteiger partial charge is 0.380 e. The van der Waals surface area contributed by atoms with Gasteiger partial charge in [0, 0.05) is 5.69 Å². The maximum atomic E-state index is 12.5. The monoisotopic (exact) mass is 287 g/mol. The number of anilines is 1. The Morgan fingerprint density at radius 1 is 1.30 bits per heavy atom. The minimum atomic E-state index is -4.83. The molecular weight excluding hydrogens is 271 g/mol. The van der Waals surface area contributed by atoms with E-state index in [1.807, 2.05) is 6.07 Å². The number of carbonyl (C=O) groups excluding carboxylic acids is 1. The lowest BCUT2D eigenvalue weighted by atomic mass is 10.0. The largest absolute Gasteiger partial charge is 0.417 e. The van der Waals surface area contributed by atoms with E-state index in [0.29, 0.717) is 12.6 Å². The highest BCUT2D eigenvalue weighted by Gasteiger charge is 2.50. The first-order valence-corrected chi connectivity index (χ1v) is 6.40. The summed E-state index contributed by atoms with van der Waals surface area (Å²) in [6, 6.07) is 5.33. The molecule has 2 N–H and O–H groups in total. The van der Waals surface area contributed by atoms with Crippen molar-refractivity contribution in [2.75, 3.05) is 5.32 Å². The third-order valence-electron chi connectivity index (χ3n) is 3.50. The zero-order valence-electron chi connectivity index (χ0n) is 11.0. The summed E-state index contributed by atoms with van der Waals surface area (Å²) in [4.78, 5) is 11.6. The SMILES string of the molecule is C[C@@](O)(CC(=O)Nc1ccc2c(c1)CCC2)C(F)(F)F. The van der Waals surface area contributed by atoms with Gasteiger partial charge in [0.1, 0.15) is 0 Å². The van der Waals surface area contributed by atoms with Crippen LogP contribution in [0.4, 0.5) is 18.9 Å². The molecular formula is C14H16F3NO2. The summed E-state index contributed by atoms with van der Waals surface area (Å²) in [5, 5.41) is 11.7. The van der Waals surface area contributed by atoms with Crippen molar-refractivity contribution >= 4 is 11.6 Å². The average Bonchev–Trinajstić information content (AvgIpc) is 2.73. The van der Waals surface area contributed by atoms with Crippen molar-refractivity contribution in [2.24, 2.45) is 0 Å². The van der Waals surface area contributed by atoms with E-state index in [1.54, 1.807) is 12.1 Å². The van der Waals surface area contributed by atoms with Crippen molar-refractivity contribution in [1.29, 1.82) is 0 Å². The van der Waals surface area contributed by atoms with Crippen molar-refractivity contribution in [3.05, 3.63) is 29.3 Å². The summed E-state index contributed by atoms with van der Waals surface area (Å²) in [5.41, 5.74) is -0.224. The van der Waals surface area contributed by atoms with Crippen LogP contribution < -0.4 is 5.32 Å². The quantitative estimate of drug-likeness (QED) is 0.898. The molecule has 1 amide bonds. The molecule has 0 saturated carbocycles. The van der Waals surface area contributed by atoms with Gasteiger partial charge >= 0.3 is 6.18 Å². The Hall–Kier alpha value is -1.56. The number of hydrogen-bond donors (Lipinski definition) is 2. The summed E-state index contributed by atoms with van der Waals surface area (Å²) in [5.74, 6) is -0.856. The number of hydrogen-bond acceptors (Lipinski definition) is 2.